The quantitative estimate of drug-likeness (QED) is 0.583. The number of carbonyl (C=O) groups excluding carboxylic acids is 2. The highest BCUT2D eigenvalue weighted by atomic mass is 79.9. The molecule has 0 unspecified atom stereocenters. The number of hydrogen-bond acceptors (Lipinski definition) is 3. The summed E-state index contributed by atoms with van der Waals surface area (Å²) in [4.78, 5) is 38.8. The van der Waals surface area contributed by atoms with Crippen molar-refractivity contribution in [2.24, 2.45) is 0 Å². The molecule has 0 saturated carbocycles. The lowest BCUT2D eigenvalue weighted by atomic mass is 9.92. The van der Waals surface area contributed by atoms with Crippen molar-refractivity contribution in [3.63, 3.8) is 0 Å². The summed E-state index contributed by atoms with van der Waals surface area (Å²) in [5.41, 5.74) is 1.61. The number of aromatic nitrogens is 1. The molecule has 0 aliphatic heterocycles. The van der Waals surface area contributed by atoms with Crippen molar-refractivity contribution < 1.29 is 9.59 Å². The zero-order valence-electron chi connectivity index (χ0n) is 15.2. The Kier molecular flexibility index (Phi) is 5.39. The molecule has 1 N–H and O–H groups in total. The fourth-order valence-electron chi connectivity index (χ4n) is 3.47. The number of nitrogens with zero attached hydrogens (tertiary/aromatic N) is 1. The third kappa shape index (κ3) is 3.78. The summed E-state index contributed by atoms with van der Waals surface area (Å²) in [6, 6.07) is 15.3. The molecule has 0 atom stereocenters. The summed E-state index contributed by atoms with van der Waals surface area (Å²) in [7, 11) is 0. The first-order valence-corrected chi connectivity index (χ1v) is 10.3. The van der Waals surface area contributed by atoms with Gasteiger partial charge in [-0.25, -0.2) is 0 Å². The Hall–Kier alpha value is -2.70. The van der Waals surface area contributed by atoms with Crippen LogP contribution in [0.5, 0.6) is 0 Å². The summed E-state index contributed by atoms with van der Waals surface area (Å²) in [5, 5.41) is 3.28. The van der Waals surface area contributed by atoms with E-state index in [9.17, 15) is 14.4 Å². The fourth-order valence-corrected chi connectivity index (χ4v) is 3.98. The number of anilines is 1. The van der Waals surface area contributed by atoms with Gasteiger partial charge in [-0.3, -0.25) is 19.0 Å². The van der Waals surface area contributed by atoms with E-state index >= 15 is 0 Å². The SMILES string of the molecule is O=C1CCCc2c1cc(C(=O)Nc1ccccc1Br)c(=O)n2-c1ccc(Cl)cc1. The summed E-state index contributed by atoms with van der Waals surface area (Å²) in [5.74, 6) is -0.630. The lowest BCUT2D eigenvalue weighted by molar-refractivity contribution is 0.0971. The molecule has 0 spiro atoms. The molecule has 4 rings (SSSR count). The molecule has 5 nitrogen and oxygen atoms in total. The Labute approximate surface area is 180 Å². The molecular weight excluding hydrogens is 456 g/mol. The first-order valence-electron chi connectivity index (χ1n) is 9.09. The molecule has 1 aliphatic carbocycles. The van der Waals surface area contributed by atoms with Gasteiger partial charge in [-0.15, -0.1) is 0 Å². The van der Waals surface area contributed by atoms with Crippen LogP contribution in [0.2, 0.25) is 5.02 Å². The second kappa shape index (κ2) is 7.97. The smallest absolute Gasteiger partial charge is 0.268 e. The standard InChI is InChI=1S/C22H16BrClN2O3/c23-17-4-1-2-5-18(17)25-21(28)16-12-15-19(6-3-7-20(15)27)26(22(16)29)14-10-8-13(24)9-11-14/h1-2,4-5,8-12H,3,6-7H2,(H,25,28). The van der Waals surface area contributed by atoms with Gasteiger partial charge in [-0.1, -0.05) is 23.7 Å². The summed E-state index contributed by atoms with van der Waals surface area (Å²) >= 11 is 9.36. The molecule has 29 heavy (non-hydrogen) atoms. The van der Waals surface area contributed by atoms with Crippen LogP contribution < -0.4 is 10.9 Å². The van der Waals surface area contributed by atoms with Crippen molar-refractivity contribution in [1.29, 1.82) is 0 Å². The lowest BCUT2D eigenvalue weighted by Crippen LogP contribution is -2.33. The van der Waals surface area contributed by atoms with Gasteiger partial charge in [-0.05, 0) is 71.2 Å². The van der Waals surface area contributed by atoms with E-state index in [0.29, 0.717) is 51.4 Å². The van der Waals surface area contributed by atoms with E-state index in [2.05, 4.69) is 21.2 Å². The van der Waals surface area contributed by atoms with E-state index in [4.69, 9.17) is 11.6 Å². The monoisotopic (exact) mass is 470 g/mol. The van der Waals surface area contributed by atoms with Crippen LogP contribution in [0, 0.1) is 0 Å². The first-order chi connectivity index (χ1) is 14.0. The number of nitrogens with one attached hydrogen (secondary N) is 1. The minimum absolute atomic E-state index is 0.0658. The van der Waals surface area contributed by atoms with E-state index in [1.807, 2.05) is 6.07 Å². The van der Waals surface area contributed by atoms with E-state index in [1.165, 1.54) is 10.6 Å². The molecule has 2 aromatic carbocycles. The molecule has 0 fully saturated rings. The maximum atomic E-state index is 13.3. The average Bonchev–Trinajstić information content (AvgIpc) is 2.70. The minimum atomic E-state index is -0.564. The largest absolute Gasteiger partial charge is 0.321 e. The molecule has 0 radical (unpaired) electrons. The topological polar surface area (TPSA) is 68.2 Å². The second-order valence-corrected chi connectivity index (χ2v) is 8.04. The molecule has 7 heteroatoms. The normalized spacial score (nSPS) is 13.1. The van der Waals surface area contributed by atoms with Crippen LogP contribution in [-0.4, -0.2) is 16.3 Å². The van der Waals surface area contributed by atoms with Crippen molar-refractivity contribution in [2.75, 3.05) is 5.32 Å². The molecular formula is C22H16BrClN2O3. The average molecular weight is 472 g/mol. The lowest BCUT2D eigenvalue weighted by Gasteiger charge is -2.21. The predicted molar refractivity (Wildman–Crippen MR) is 116 cm³/mol. The fraction of sp³-hybridized carbons (Fsp3) is 0.136. The number of benzene rings is 2. The van der Waals surface area contributed by atoms with E-state index in [0.717, 1.165) is 0 Å². The van der Waals surface area contributed by atoms with Crippen LogP contribution in [0.3, 0.4) is 0 Å². The second-order valence-electron chi connectivity index (χ2n) is 6.75. The van der Waals surface area contributed by atoms with Crippen LogP contribution in [-0.2, 0) is 6.42 Å². The molecule has 1 amide bonds. The highest BCUT2D eigenvalue weighted by molar-refractivity contribution is 9.10. The molecule has 1 heterocycles. The third-order valence-electron chi connectivity index (χ3n) is 4.87. The van der Waals surface area contributed by atoms with Crippen LogP contribution in [0.25, 0.3) is 5.69 Å². The summed E-state index contributed by atoms with van der Waals surface area (Å²) in [6.45, 7) is 0. The number of halogens is 2. The zero-order valence-corrected chi connectivity index (χ0v) is 17.6. The number of pyridine rings is 1. The van der Waals surface area contributed by atoms with Crippen molar-refractivity contribution >= 4 is 44.9 Å². The molecule has 0 bridgehead atoms. The Balaban J connectivity index is 1.88. The zero-order chi connectivity index (χ0) is 20.5. The highest BCUT2D eigenvalue weighted by Gasteiger charge is 2.26. The van der Waals surface area contributed by atoms with Gasteiger partial charge >= 0.3 is 0 Å². The molecule has 3 aromatic rings. The van der Waals surface area contributed by atoms with Crippen molar-refractivity contribution in [2.45, 2.75) is 19.3 Å². The number of amides is 1. The van der Waals surface area contributed by atoms with Crippen molar-refractivity contribution in [3.8, 4) is 5.69 Å². The van der Waals surface area contributed by atoms with Gasteiger partial charge < -0.3 is 5.32 Å². The van der Waals surface area contributed by atoms with Gasteiger partial charge in [0.25, 0.3) is 11.5 Å². The number of fused-ring (bicyclic) bond motifs is 1. The van der Waals surface area contributed by atoms with Gasteiger partial charge in [-0.2, -0.15) is 0 Å². The Morgan fingerprint density at radius 2 is 1.76 bits per heavy atom. The van der Waals surface area contributed by atoms with Crippen LogP contribution in [0.1, 0.15) is 39.3 Å². The van der Waals surface area contributed by atoms with Gasteiger partial charge in [0.2, 0.25) is 0 Å². The van der Waals surface area contributed by atoms with E-state index in [1.54, 1.807) is 42.5 Å². The van der Waals surface area contributed by atoms with Gasteiger partial charge in [0.1, 0.15) is 5.56 Å². The maximum Gasteiger partial charge on any atom is 0.268 e. The molecule has 0 saturated heterocycles. The number of hydrogen-bond donors (Lipinski definition) is 1. The Morgan fingerprint density at radius 3 is 2.48 bits per heavy atom. The first kappa shape index (κ1) is 19.6. The van der Waals surface area contributed by atoms with Crippen molar-refractivity contribution in [3.05, 3.63) is 91.3 Å². The summed E-state index contributed by atoms with van der Waals surface area (Å²) in [6.07, 6.45) is 1.66. The Morgan fingerprint density at radius 1 is 1.03 bits per heavy atom. The van der Waals surface area contributed by atoms with E-state index in [-0.39, 0.29) is 11.3 Å². The number of ketones is 1. The number of Topliss-reactive ketones (excluding diaryl/α,β-unsaturated/α-hetero) is 1. The number of carbonyl (C=O) groups is 2. The number of para-hydroxylation sites is 1. The third-order valence-corrected chi connectivity index (χ3v) is 5.82. The predicted octanol–water partition coefficient (Wildman–Crippen LogP) is 5.02. The van der Waals surface area contributed by atoms with Crippen LogP contribution in [0.4, 0.5) is 5.69 Å². The van der Waals surface area contributed by atoms with Crippen LogP contribution >= 0.6 is 27.5 Å². The number of rotatable bonds is 3. The minimum Gasteiger partial charge on any atom is -0.321 e. The van der Waals surface area contributed by atoms with Crippen LogP contribution in [0.15, 0.2) is 63.9 Å². The van der Waals surface area contributed by atoms with Gasteiger partial charge in [0, 0.05) is 32.9 Å². The van der Waals surface area contributed by atoms with Gasteiger partial charge in [0.15, 0.2) is 5.78 Å². The molecule has 1 aromatic heterocycles. The highest BCUT2D eigenvalue weighted by Crippen LogP contribution is 2.25. The molecule has 1 aliphatic rings. The van der Waals surface area contributed by atoms with Crippen molar-refractivity contribution in [1.82, 2.24) is 4.57 Å². The molecule has 146 valence electrons. The Bertz CT molecular complexity index is 1190. The van der Waals surface area contributed by atoms with Gasteiger partial charge in [0.05, 0.1) is 5.69 Å². The van der Waals surface area contributed by atoms with E-state index < -0.39 is 11.5 Å². The summed E-state index contributed by atoms with van der Waals surface area (Å²) < 4.78 is 2.15. The maximum absolute atomic E-state index is 13.3.